The highest BCUT2D eigenvalue weighted by molar-refractivity contribution is 6.01. The summed E-state index contributed by atoms with van der Waals surface area (Å²) in [5.74, 6) is -0.239. The maximum absolute atomic E-state index is 12.3. The molecule has 1 aromatic heterocycles. The number of nitrogens with one attached hydrogen (secondary N) is 2. The number of amides is 1. The molecule has 2 aromatic carbocycles. The number of hydrogen-bond donors (Lipinski definition) is 3. The Morgan fingerprint density at radius 1 is 1.28 bits per heavy atom. The summed E-state index contributed by atoms with van der Waals surface area (Å²) in [6.07, 6.45) is 0. The second kappa shape index (κ2) is 8.21. The summed E-state index contributed by atoms with van der Waals surface area (Å²) in [5.41, 5.74) is 4.53. The van der Waals surface area contributed by atoms with Gasteiger partial charge in [-0.25, -0.2) is 5.43 Å². The monoisotopic (exact) mass is 395 g/mol. The molecule has 29 heavy (non-hydrogen) atoms. The fourth-order valence-corrected chi connectivity index (χ4v) is 2.53. The van der Waals surface area contributed by atoms with Crippen molar-refractivity contribution >= 4 is 17.3 Å². The maximum Gasteiger partial charge on any atom is 0.289 e. The van der Waals surface area contributed by atoms with E-state index < -0.39 is 10.8 Å². The number of aromatic hydroxyl groups is 1. The van der Waals surface area contributed by atoms with Crippen LogP contribution in [0.1, 0.15) is 23.0 Å². The standard InChI is InChI=1S/C19H17N5O5/c1-11(12-6-7-17(25)18(9-12)29-2)20-23-19(26)16-10-15(21-22-16)13-4-3-5-14(8-13)24(27)28/h3-10,25H,1-2H3,(H,21,22)(H,23,26)/b20-11-. The molecular formula is C19H17N5O5. The number of ether oxygens (including phenoxy) is 1. The lowest BCUT2D eigenvalue weighted by Gasteiger charge is -2.06. The van der Waals surface area contributed by atoms with Gasteiger partial charge >= 0.3 is 0 Å². The molecule has 0 aliphatic rings. The van der Waals surface area contributed by atoms with E-state index in [1.54, 1.807) is 31.2 Å². The lowest BCUT2D eigenvalue weighted by atomic mass is 10.1. The van der Waals surface area contributed by atoms with Crippen LogP contribution in [0.5, 0.6) is 11.5 Å². The molecule has 0 spiro atoms. The third-order valence-corrected chi connectivity index (χ3v) is 4.10. The Balaban J connectivity index is 1.74. The minimum atomic E-state index is -0.528. The molecule has 1 heterocycles. The van der Waals surface area contributed by atoms with Crippen LogP contribution >= 0.6 is 0 Å². The number of carbonyl (C=O) groups excluding carboxylic acids is 1. The zero-order chi connectivity index (χ0) is 21.0. The number of rotatable bonds is 6. The predicted octanol–water partition coefficient (Wildman–Crippen LogP) is 2.85. The zero-order valence-electron chi connectivity index (χ0n) is 15.5. The van der Waals surface area contributed by atoms with Gasteiger partial charge in [0.15, 0.2) is 11.5 Å². The van der Waals surface area contributed by atoms with Gasteiger partial charge in [-0.05, 0) is 31.2 Å². The number of nitrogens with zero attached hydrogens (tertiary/aromatic N) is 3. The first kappa shape index (κ1) is 19.5. The molecule has 10 heteroatoms. The van der Waals surface area contributed by atoms with E-state index in [1.165, 1.54) is 31.4 Å². The third kappa shape index (κ3) is 4.38. The van der Waals surface area contributed by atoms with E-state index in [9.17, 15) is 20.0 Å². The topological polar surface area (TPSA) is 143 Å². The van der Waals surface area contributed by atoms with Crippen molar-refractivity contribution in [2.45, 2.75) is 6.92 Å². The van der Waals surface area contributed by atoms with Gasteiger partial charge in [0.1, 0.15) is 5.69 Å². The fraction of sp³-hybridized carbons (Fsp3) is 0.105. The summed E-state index contributed by atoms with van der Waals surface area (Å²) < 4.78 is 5.05. The minimum absolute atomic E-state index is 0.000719. The Morgan fingerprint density at radius 2 is 2.07 bits per heavy atom. The summed E-state index contributed by atoms with van der Waals surface area (Å²) >= 11 is 0. The minimum Gasteiger partial charge on any atom is -0.504 e. The number of nitro benzene ring substituents is 1. The number of hydrazone groups is 1. The summed E-state index contributed by atoms with van der Waals surface area (Å²) in [5, 5.41) is 31.2. The number of methoxy groups -OCH3 is 1. The number of carbonyl (C=O) groups is 1. The predicted molar refractivity (Wildman–Crippen MR) is 105 cm³/mol. The van der Waals surface area contributed by atoms with Crippen LogP contribution < -0.4 is 10.2 Å². The van der Waals surface area contributed by atoms with Gasteiger partial charge in [0.25, 0.3) is 11.6 Å². The van der Waals surface area contributed by atoms with E-state index in [-0.39, 0.29) is 17.1 Å². The van der Waals surface area contributed by atoms with Gasteiger partial charge in [-0.2, -0.15) is 10.2 Å². The quantitative estimate of drug-likeness (QED) is 0.333. The van der Waals surface area contributed by atoms with Crippen LogP contribution in [0, 0.1) is 10.1 Å². The highest BCUT2D eigenvalue weighted by atomic mass is 16.6. The van der Waals surface area contributed by atoms with E-state index in [0.717, 1.165) is 0 Å². The number of benzene rings is 2. The Kier molecular flexibility index (Phi) is 5.54. The molecule has 1 amide bonds. The molecule has 0 bridgehead atoms. The van der Waals surface area contributed by atoms with E-state index in [2.05, 4.69) is 20.7 Å². The van der Waals surface area contributed by atoms with Gasteiger partial charge in [-0.3, -0.25) is 20.0 Å². The lowest BCUT2D eigenvalue weighted by molar-refractivity contribution is -0.384. The van der Waals surface area contributed by atoms with Crippen LogP contribution in [0.15, 0.2) is 53.6 Å². The molecule has 3 aromatic rings. The van der Waals surface area contributed by atoms with Crippen LogP contribution in [0.3, 0.4) is 0 Å². The lowest BCUT2D eigenvalue weighted by Crippen LogP contribution is -2.19. The average Bonchev–Trinajstić information content (AvgIpc) is 3.22. The van der Waals surface area contributed by atoms with Crippen LogP contribution in [0.2, 0.25) is 0 Å². The van der Waals surface area contributed by atoms with Crippen molar-refractivity contribution in [3.05, 3.63) is 69.9 Å². The molecule has 0 radical (unpaired) electrons. The first-order valence-electron chi connectivity index (χ1n) is 8.41. The number of hydrogen-bond acceptors (Lipinski definition) is 7. The summed E-state index contributed by atoms with van der Waals surface area (Å²) in [6.45, 7) is 1.69. The van der Waals surface area contributed by atoms with Gasteiger partial charge in [0.2, 0.25) is 0 Å². The normalized spacial score (nSPS) is 11.2. The molecule has 0 aliphatic heterocycles. The number of aromatic amines is 1. The SMILES string of the molecule is COc1cc(/C(C)=N\NC(=O)c2cc(-c3cccc([N+](=O)[O-])c3)n[nH]2)ccc1O. The number of aromatic nitrogens is 2. The van der Waals surface area contributed by atoms with Crippen molar-refractivity contribution < 1.29 is 19.6 Å². The Labute approximate surface area is 165 Å². The Morgan fingerprint density at radius 3 is 2.79 bits per heavy atom. The van der Waals surface area contributed by atoms with Gasteiger partial charge in [0, 0.05) is 23.3 Å². The largest absolute Gasteiger partial charge is 0.504 e. The molecule has 0 saturated heterocycles. The fourth-order valence-electron chi connectivity index (χ4n) is 2.53. The summed E-state index contributed by atoms with van der Waals surface area (Å²) in [4.78, 5) is 22.7. The van der Waals surface area contributed by atoms with Crippen molar-refractivity contribution in [2.75, 3.05) is 7.11 Å². The molecule has 10 nitrogen and oxygen atoms in total. The molecule has 0 unspecified atom stereocenters. The molecule has 0 aliphatic carbocycles. The average molecular weight is 395 g/mol. The first-order valence-corrected chi connectivity index (χ1v) is 8.41. The van der Waals surface area contributed by atoms with Gasteiger partial charge < -0.3 is 9.84 Å². The van der Waals surface area contributed by atoms with Gasteiger partial charge in [0.05, 0.1) is 23.4 Å². The van der Waals surface area contributed by atoms with Gasteiger partial charge in [-0.1, -0.05) is 12.1 Å². The summed E-state index contributed by atoms with van der Waals surface area (Å²) in [6, 6.07) is 12.1. The molecule has 3 N–H and O–H groups in total. The van der Waals surface area contributed by atoms with Crippen molar-refractivity contribution in [2.24, 2.45) is 5.10 Å². The second-order valence-electron chi connectivity index (χ2n) is 6.00. The van der Waals surface area contributed by atoms with Crippen LogP contribution in [-0.2, 0) is 0 Å². The molecular weight excluding hydrogens is 378 g/mol. The second-order valence-corrected chi connectivity index (χ2v) is 6.00. The molecule has 0 saturated carbocycles. The summed E-state index contributed by atoms with van der Waals surface area (Å²) in [7, 11) is 1.43. The van der Waals surface area contributed by atoms with Gasteiger partial charge in [-0.15, -0.1) is 0 Å². The Bertz CT molecular complexity index is 1110. The highest BCUT2D eigenvalue weighted by Gasteiger charge is 2.13. The number of nitro groups is 1. The molecule has 3 rings (SSSR count). The zero-order valence-corrected chi connectivity index (χ0v) is 15.5. The highest BCUT2D eigenvalue weighted by Crippen LogP contribution is 2.26. The van der Waals surface area contributed by atoms with E-state index in [4.69, 9.17) is 4.74 Å². The smallest absolute Gasteiger partial charge is 0.289 e. The van der Waals surface area contributed by atoms with Crippen LogP contribution in [0.4, 0.5) is 5.69 Å². The van der Waals surface area contributed by atoms with Crippen molar-refractivity contribution in [3.63, 3.8) is 0 Å². The van der Waals surface area contributed by atoms with E-state index in [0.29, 0.717) is 28.3 Å². The number of phenolic OH excluding ortho intramolecular Hbond substituents is 1. The van der Waals surface area contributed by atoms with E-state index >= 15 is 0 Å². The first-order chi connectivity index (χ1) is 13.9. The van der Waals surface area contributed by atoms with Crippen molar-refractivity contribution in [1.29, 1.82) is 0 Å². The van der Waals surface area contributed by atoms with Crippen LogP contribution in [-0.4, -0.2) is 39.0 Å². The van der Waals surface area contributed by atoms with Crippen LogP contribution in [0.25, 0.3) is 11.3 Å². The van der Waals surface area contributed by atoms with Crippen molar-refractivity contribution in [3.8, 4) is 22.8 Å². The number of H-pyrrole nitrogens is 1. The third-order valence-electron chi connectivity index (χ3n) is 4.10. The number of phenols is 1. The number of non-ortho nitro benzene ring substituents is 1. The molecule has 0 fully saturated rings. The molecule has 148 valence electrons. The van der Waals surface area contributed by atoms with E-state index in [1.807, 2.05) is 0 Å². The Hall–Kier alpha value is -4.21. The molecule has 0 atom stereocenters. The van der Waals surface area contributed by atoms with Crippen molar-refractivity contribution in [1.82, 2.24) is 15.6 Å². The maximum atomic E-state index is 12.3.